The molecular formula is C11H13NO. The van der Waals surface area contributed by atoms with Crippen molar-refractivity contribution < 1.29 is 5.11 Å². The molecule has 0 aromatic heterocycles. The first kappa shape index (κ1) is 9.60. The van der Waals surface area contributed by atoms with Gasteiger partial charge in [0.15, 0.2) is 0 Å². The maximum absolute atomic E-state index is 9.49. The van der Waals surface area contributed by atoms with Gasteiger partial charge >= 0.3 is 0 Å². The third-order valence-corrected chi connectivity index (χ3v) is 2.48. The van der Waals surface area contributed by atoms with Gasteiger partial charge in [-0.05, 0) is 49.1 Å². The van der Waals surface area contributed by atoms with Gasteiger partial charge < -0.3 is 5.11 Å². The molecule has 0 aliphatic carbocycles. The minimum absolute atomic E-state index is 0.316. The van der Waals surface area contributed by atoms with Crippen LogP contribution in [0.3, 0.4) is 0 Å². The molecule has 1 rings (SSSR count). The van der Waals surface area contributed by atoms with Gasteiger partial charge in [0, 0.05) is 0 Å². The summed E-state index contributed by atoms with van der Waals surface area (Å²) in [4.78, 5) is 0. The summed E-state index contributed by atoms with van der Waals surface area (Å²) < 4.78 is 0. The normalized spacial score (nSPS) is 9.69. The monoisotopic (exact) mass is 175 g/mol. The van der Waals surface area contributed by atoms with Crippen LogP contribution in [0.1, 0.15) is 22.3 Å². The molecule has 1 aromatic carbocycles. The highest BCUT2D eigenvalue weighted by Gasteiger charge is 2.08. The van der Waals surface area contributed by atoms with E-state index < -0.39 is 0 Å². The van der Waals surface area contributed by atoms with Crippen molar-refractivity contribution in [2.75, 3.05) is 0 Å². The van der Waals surface area contributed by atoms with Gasteiger partial charge in [-0.1, -0.05) is 0 Å². The average molecular weight is 175 g/mol. The van der Waals surface area contributed by atoms with E-state index in [0.717, 1.165) is 22.3 Å². The summed E-state index contributed by atoms with van der Waals surface area (Å²) >= 11 is 0. The number of phenolic OH excluding ortho intramolecular Hbond substituents is 1. The maximum Gasteiger partial charge on any atom is 0.119 e. The van der Waals surface area contributed by atoms with E-state index in [9.17, 15) is 5.11 Å². The Bertz CT molecular complexity index is 375. The first-order valence-electron chi connectivity index (χ1n) is 4.23. The molecule has 2 heteroatoms. The summed E-state index contributed by atoms with van der Waals surface area (Å²) in [7, 11) is 0. The molecule has 0 aliphatic rings. The highest BCUT2D eigenvalue weighted by atomic mass is 16.3. The van der Waals surface area contributed by atoms with Crippen LogP contribution in [0.5, 0.6) is 5.75 Å². The fourth-order valence-corrected chi connectivity index (χ4v) is 1.47. The minimum Gasteiger partial charge on any atom is -0.508 e. The number of nitriles is 1. The summed E-state index contributed by atoms with van der Waals surface area (Å²) in [5.74, 6) is 0.316. The van der Waals surface area contributed by atoms with Crippen LogP contribution in [-0.4, -0.2) is 5.11 Å². The number of hydrogen-bond acceptors (Lipinski definition) is 2. The second kappa shape index (κ2) is 3.49. The predicted molar refractivity (Wildman–Crippen MR) is 51.6 cm³/mol. The Morgan fingerprint density at radius 2 is 1.92 bits per heavy atom. The molecule has 0 saturated carbocycles. The van der Waals surface area contributed by atoms with Crippen molar-refractivity contribution in [2.24, 2.45) is 0 Å². The van der Waals surface area contributed by atoms with E-state index in [0.29, 0.717) is 12.2 Å². The van der Waals surface area contributed by atoms with E-state index in [1.807, 2.05) is 20.8 Å². The topological polar surface area (TPSA) is 44.0 Å². The van der Waals surface area contributed by atoms with E-state index in [-0.39, 0.29) is 0 Å². The second-order valence-corrected chi connectivity index (χ2v) is 3.28. The van der Waals surface area contributed by atoms with Gasteiger partial charge in [-0.2, -0.15) is 5.26 Å². The summed E-state index contributed by atoms with van der Waals surface area (Å²) in [6.45, 7) is 5.72. The molecule has 0 spiro atoms. The van der Waals surface area contributed by atoms with Crippen molar-refractivity contribution in [3.63, 3.8) is 0 Å². The molecule has 0 saturated heterocycles. The number of aromatic hydroxyl groups is 1. The van der Waals surface area contributed by atoms with Gasteiger partial charge in [-0.15, -0.1) is 0 Å². The Morgan fingerprint density at radius 1 is 1.31 bits per heavy atom. The van der Waals surface area contributed by atoms with Gasteiger partial charge in [-0.25, -0.2) is 0 Å². The smallest absolute Gasteiger partial charge is 0.119 e. The van der Waals surface area contributed by atoms with E-state index in [1.165, 1.54) is 0 Å². The van der Waals surface area contributed by atoms with Crippen LogP contribution in [0, 0.1) is 32.1 Å². The molecule has 0 atom stereocenters. The zero-order valence-corrected chi connectivity index (χ0v) is 8.18. The lowest BCUT2D eigenvalue weighted by atomic mass is 9.96. The lowest BCUT2D eigenvalue weighted by molar-refractivity contribution is 0.469. The SMILES string of the molecule is Cc1cc(O)c(C)c(C)c1CC#N. The van der Waals surface area contributed by atoms with Crippen LogP contribution < -0.4 is 0 Å². The van der Waals surface area contributed by atoms with Crippen LogP contribution in [0.15, 0.2) is 6.07 Å². The molecule has 0 amide bonds. The predicted octanol–water partition coefficient (Wildman–Crippen LogP) is 2.38. The average Bonchev–Trinajstić information content (AvgIpc) is 2.09. The molecule has 1 aromatic rings. The van der Waals surface area contributed by atoms with Gasteiger partial charge in [0.1, 0.15) is 5.75 Å². The fourth-order valence-electron chi connectivity index (χ4n) is 1.47. The lowest BCUT2D eigenvalue weighted by Crippen LogP contribution is -1.95. The summed E-state index contributed by atoms with van der Waals surface area (Å²) in [6.07, 6.45) is 0.415. The summed E-state index contributed by atoms with van der Waals surface area (Å²) in [6, 6.07) is 3.85. The van der Waals surface area contributed by atoms with Crippen molar-refractivity contribution >= 4 is 0 Å². The van der Waals surface area contributed by atoms with Gasteiger partial charge in [0.05, 0.1) is 12.5 Å². The largest absolute Gasteiger partial charge is 0.508 e. The van der Waals surface area contributed by atoms with E-state index >= 15 is 0 Å². The molecule has 0 unspecified atom stereocenters. The van der Waals surface area contributed by atoms with Crippen molar-refractivity contribution in [1.29, 1.82) is 5.26 Å². The molecule has 0 fully saturated rings. The van der Waals surface area contributed by atoms with Gasteiger partial charge in [-0.3, -0.25) is 0 Å². The molecule has 68 valence electrons. The Hall–Kier alpha value is -1.49. The standard InChI is InChI=1S/C11H13NO/c1-7-6-11(13)9(3)8(2)10(7)4-5-12/h6,13H,4H2,1-3H3. The van der Waals surface area contributed by atoms with Gasteiger partial charge in [0.2, 0.25) is 0 Å². The molecule has 0 radical (unpaired) electrons. The van der Waals surface area contributed by atoms with Crippen molar-refractivity contribution in [1.82, 2.24) is 0 Å². The summed E-state index contributed by atoms with van der Waals surface area (Å²) in [5.41, 5.74) is 3.93. The third kappa shape index (κ3) is 1.65. The molecular weight excluding hydrogens is 162 g/mol. The molecule has 0 bridgehead atoms. The molecule has 0 aliphatic heterocycles. The van der Waals surface area contributed by atoms with E-state index in [4.69, 9.17) is 5.26 Å². The number of rotatable bonds is 1. The fraction of sp³-hybridized carbons (Fsp3) is 0.364. The minimum atomic E-state index is 0.316. The Kier molecular flexibility index (Phi) is 2.57. The van der Waals surface area contributed by atoms with Crippen LogP contribution in [0.25, 0.3) is 0 Å². The Balaban J connectivity index is 3.36. The molecule has 13 heavy (non-hydrogen) atoms. The van der Waals surface area contributed by atoms with Crippen LogP contribution in [0.4, 0.5) is 0 Å². The van der Waals surface area contributed by atoms with Crippen LogP contribution in [-0.2, 0) is 6.42 Å². The molecule has 0 heterocycles. The lowest BCUT2D eigenvalue weighted by Gasteiger charge is -2.10. The first-order chi connectivity index (χ1) is 6.07. The first-order valence-corrected chi connectivity index (χ1v) is 4.23. The number of benzene rings is 1. The molecule has 2 nitrogen and oxygen atoms in total. The zero-order valence-electron chi connectivity index (χ0n) is 8.18. The summed E-state index contributed by atoms with van der Waals surface area (Å²) in [5, 5.41) is 18.1. The van der Waals surface area contributed by atoms with Gasteiger partial charge in [0.25, 0.3) is 0 Å². The Morgan fingerprint density at radius 3 is 2.46 bits per heavy atom. The van der Waals surface area contributed by atoms with E-state index in [1.54, 1.807) is 6.07 Å². The highest BCUT2D eigenvalue weighted by Crippen LogP contribution is 2.26. The quantitative estimate of drug-likeness (QED) is 0.712. The second-order valence-electron chi connectivity index (χ2n) is 3.28. The van der Waals surface area contributed by atoms with Crippen molar-refractivity contribution in [3.05, 3.63) is 28.3 Å². The zero-order chi connectivity index (χ0) is 10.0. The maximum atomic E-state index is 9.49. The van der Waals surface area contributed by atoms with E-state index in [2.05, 4.69) is 6.07 Å². The van der Waals surface area contributed by atoms with Crippen molar-refractivity contribution in [3.8, 4) is 11.8 Å². The van der Waals surface area contributed by atoms with Crippen LogP contribution >= 0.6 is 0 Å². The van der Waals surface area contributed by atoms with Crippen molar-refractivity contribution in [2.45, 2.75) is 27.2 Å². The Labute approximate surface area is 78.4 Å². The number of nitrogens with zero attached hydrogens (tertiary/aromatic N) is 1. The number of hydrogen-bond donors (Lipinski definition) is 1. The number of phenols is 1. The number of aryl methyl sites for hydroxylation is 1. The highest BCUT2D eigenvalue weighted by molar-refractivity contribution is 5.48. The van der Waals surface area contributed by atoms with Crippen LogP contribution in [0.2, 0.25) is 0 Å². The molecule has 1 N–H and O–H groups in total. The third-order valence-electron chi connectivity index (χ3n) is 2.48.